The van der Waals surface area contributed by atoms with E-state index in [0.717, 1.165) is 57.8 Å². The largest absolute Gasteiger partial charge is 0.466 e. The Morgan fingerprint density at radius 1 is 0.415 bits per heavy atom. The molecule has 0 rings (SSSR count). The van der Waals surface area contributed by atoms with Crippen molar-refractivity contribution in [2.45, 2.75) is 328 Å². The van der Waals surface area contributed by atoms with E-state index in [-0.39, 0.29) is 18.5 Å². The van der Waals surface area contributed by atoms with Crippen molar-refractivity contribution in [2.75, 3.05) is 13.2 Å². The van der Waals surface area contributed by atoms with Gasteiger partial charge in [-0.1, -0.05) is 269 Å². The molecule has 1 amide bonds. The molecule has 0 aliphatic heterocycles. The van der Waals surface area contributed by atoms with E-state index in [2.05, 4.69) is 31.3 Å². The van der Waals surface area contributed by atoms with Crippen LogP contribution in [0.5, 0.6) is 0 Å². The van der Waals surface area contributed by atoms with E-state index in [1.165, 1.54) is 231 Å². The van der Waals surface area contributed by atoms with Gasteiger partial charge in [0.15, 0.2) is 0 Å². The van der Waals surface area contributed by atoms with Gasteiger partial charge >= 0.3 is 5.97 Å². The average Bonchev–Trinajstić information content (AvgIpc) is 3.31. The molecule has 6 nitrogen and oxygen atoms in total. The third kappa shape index (κ3) is 51.6. The molecule has 0 saturated heterocycles. The van der Waals surface area contributed by atoms with Crippen LogP contribution in [0.4, 0.5) is 0 Å². The van der Waals surface area contributed by atoms with Crippen LogP contribution in [0.1, 0.15) is 316 Å². The van der Waals surface area contributed by atoms with Crippen molar-refractivity contribution >= 4 is 11.9 Å². The molecule has 3 N–H and O–H groups in total. The number of rotatable bonds is 54. The fourth-order valence-electron chi connectivity index (χ4n) is 8.98. The molecule has 0 aliphatic rings. The van der Waals surface area contributed by atoms with Gasteiger partial charge in [-0.2, -0.15) is 0 Å². The van der Waals surface area contributed by atoms with Gasteiger partial charge in [0.25, 0.3) is 0 Å². The first-order chi connectivity index (χ1) is 32.0. The monoisotopic (exact) mass is 916 g/mol. The Morgan fingerprint density at radius 2 is 0.723 bits per heavy atom. The van der Waals surface area contributed by atoms with Gasteiger partial charge in [-0.3, -0.25) is 9.59 Å². The first kappa shape index (κ1) is 63.3. The number of aliphatic hydroxyl groups is 2. The Kier molecular flexibility index (Phi) is 53.5. The molecule has 0 aromatic heterocycles. The molecule has 0 bridgehead atoms. The molecule has 0 aromatic rings. The van der Waals surface area contributed by atoms with Crippen molar-refractivity contribution in [3.63, 3.8) is 0 Å². The lowest BCUT2D eigenvalue weighted by Gasteiger charge is -2.20. The van der Waals surface area contributed by atoms with Gasteiger partial charge in [-0.15, -0.1) is 0 Å². The molecule has 0 fully saturated rings. The Hall–Kier alpha value is -1.66. The number of amides is 1. The number of allylic oxidation sites excluding steroid dienone is 3. The number of hydrogen-bond acceptors (Lipinski definition) is 5. The van der Waals surface area contributed by atoms with Crippen LogP contribution in [0.2, 0.25) is 0 Å². The predicted octanol–water partition coefficient (Wildman–Crippen LogP) is 17.9. The number of unbranched alkanes of at least 4 members (excludes halogenated alkanes) is 41. The first-order valence-corrected chi connectivity index (χ1v) is 29.1. The van der Waals surface area contributed by atoms with Crippen molar-refractivity contribution in [3.8, 4) is 0 Å². The highest BCUT2D eigenvalue weighted by atomic mass is 16.5. The summed E-state index contributed by atoms with van der Waals surface area (Å²) in [5.74, 6) is -0.109. The molecule has 65 heavy (non-hydrogen) atoms. The number of esters is 1. The van der Waals surface area contributed by atoms with E-state index >= 15 is 0 Å². The number of carbonyl (C=O) groups excluding carboxylic acids is 2. The number of hydrogen-bond donors (Lipinski definition) is 3. The minimum Gasteiger partial charge on any atom is -0.466 e. The van der Waals surface area contributed by atoms with Crippen molar-refractivity contribution < 1.29 is 24.5 Å². The second-order valence-electron chi connectivity index (χ2n) is 20.0. The average molecular weight is 917 g/mol. The molecule has 2 unspecified atom stereocenters. The van der Waals surface area contributed by atoms with Crippen LogP contribution in [0.25, 0.3) is 0 Å². The Labute approximate surface area is 405 Å². The fraction of sp³-hybridized carbons (Fsp3) is 0.898. The van der Waals surface area contributed by atoms with Crippen molar-refractivity contribution in [2.24, 2.45) is 0 Å². The fourth-order valence-corrected chi connectivity index (χ4v) is 8.98. The van der Waals surface area contributed by atoms with Crippen LogP contribution in [-0.2, 0) is 14.3 Å². The third-order valence-corrected chi connectivity index (χ3v) is 13.5. The lowest BCUT2D eigenvalue weighted by Crippen LogP contribution is -2.45. The molecule has 0 spiro atoms. The van der Waals surface area contributed by atoms with Crippen LogP contribution in [0, 0.1) is 0 Å². The summed E-state index contributed by atoms with van der Waals surface area (Å²) in [5.41, 5.74) is 0. The number of nitrogens with one attached hydrogen (secondary N) is 1. The molecule has 6 heteroatoms. The Balaban J connectivity index is 3.50. The first-order valence-electron chi connectivity index (χ1n) is 29.1. The second-order valence-corrected chi connectivity index (χ2v) is 20.0. The molecule has 2 atom stereocenters. The van der Waals surface area contributed by atoms with Crippen LogP contribution in [0.15, 0.2) is 24.3 Å². The topological polar surface area (TPSA) is 95.9 Å². The van der Waals surface area contributed by atoms with Crippen LogP contribution < -0.4 is 5.32 Å². The summed E-state index contributed by atoms with van der Waals surface area (Å²) in [4.78, 5) is 24.5. The zero-order valence-corrected chi connectivity index (χ0v) is 43.7. The standard InChI is InChI=1S/C59H113NO5/c1-3-5-7-9-11-13-15-17-18-19-20-21-22-23-24-25-26-27-28-29-31-35-39-43-47-51-57(62)56(55-61)60-58(63)52-48-44-40-36-32-30-34-38-42-46-50-54-65-59(64)53-49-45-41-37-33-16-14-12-10-8-6-4-2/h12,14,47,51,56-57,61-62H,3-11,13,15-46,48-50,52-55H2,1-2H3,(H,60,63)/b14-12-,51-47+. The van der Waals surface area contributed by atoms with Crippen LogP contribution >= 0.6 is 0 Å². The maximum Gasteiger partial charge on any atom is 0.305 e. The molecular weight excluding hydrogens is 803 g/mol. The lowest BCUT2D eigenvalue weighted by molar-refractivity contribution is -0.143. The van der Waals surface area contributed by atoms with Gasteiger partial charge in [-0.25, -0.2) is 0 Å². The number of aliphatic hydroxyl groups excluding tert-OH is 2. The summed E-state index contributed by atoms with van der Waals surface area (Å²) in [6.07, 6.45) is 66.3. The smallest absolute Gasteiger partial charge is 0.305 e. The van der Waals surface area contributed by atoms with E-state index in [1.54, 1.807) is 6.08 Å². The molecule has 0 aromatic carbocycles. The zero-order valence-electron chi connectivity index (χ0n) is 43.7. The van der Waals surface area contributed by atoms with Crippen molar-refractivity contribution in [3.05, 3.63) is 24.3 Å². The van der Waals surface area contributed by atoms with E-state index < -0.39 is 12.1 Å². The SMILES string of the molecule is CCCCC/C=C\CCCCCCCC(=O)OCCCCCCCCCCCCCC(=O)NC(CO)C(O)/C=C/CCCCCCCCCCCCCCCCCCCCCCCCC. The van der Waals surface area contributed by atoms with Gasteiger partial charge < -0.3 is 20.3 Å². The van der Waals surface area contributed by atoms with Gasteiger partial charge in [0, 0.05) is 12.8 Å². The normalized spacial score (nSPS) is 12.7. The molecule has 384 valence electrons. The maximum absolute atomic E-state index is 12.5. The Morgan fingerprint density at radius 3 is 1.12 bits per heavy atom. The highest BCUT2D eigenvalue weighted by Gasteiger charge is 2.18. The molecule has 0 saturated carbocycles. The Bertz CT molecular complexity index is 1010. The minimum atomic E-state index is -0.858. The minimum absolute atomic E-state index is 0.0248. The summed E-state index contributed by atoms with van der Waals surface area (Å²) in [7, 11) is 0. The molecule has 0 heterocycles. The summed E-state index contributed by atoms with van der Waals surface area (Å²) >= 11 is 0. The summed E-state index contributed by atoms with van der Waals surface area (Å²) < 4.78 is 5.45. The lowest BCUT2D eigenvalue weighted by atomic mass is 10.0. The van der Waals surface area contributed by atoms with Gasteiger partial charge in [0.2, 0.25) is 5.91 Å². The predicted molar refractivity (Wildman–Crippen MR) is 283 cm³/mol. The van der Waals surface area contributed by atoms with Gasteiger partial charge in [0.1, 0.15) is 0 Å². The third-order valence-electron chi connectivity index (χ3n) is 13.5. The van der Waals surface area contributed by atoms with E-state index in [4.69, 9.17) is 4.74 Å². The molecule has 0 aliphatic carbocycles. The second kappa shape index (κ2) is 54.9. The number of carbonyl (C=O) groups is 2. The summed E-state index contributed by atoms with van der Waals surface area (Å²) in [6, 6.07) is -0.643. The quantitative estimate of drug-likeness (QED) is 0.0321. The van der Waals surface area contributed by atoms with Crippen molar-refractivity contribution in [1.29, 1.82) is 0 Å². The highest BCUT2D eigenvalue weighted by molar-refractivity contribution is 5.76. The molecular formula is C59H113NO5. The van der Waals surface area contributed by atoms with E-state index in [9.17, 15) is 19.8 Å². The number of ether oxygens (including phenoxy) is 1. The molecule has 0 radical (unpaired) electrons. The van der Waals surface area contributed by atoms with Crippen molar-refractivity contribution in [1.82, 2.24) is 5.32 Å². The van der Waals surface area contributed by atoms with E-state index in [0.29, 0.717) is 19.4 Å². The van der Waals surface area contributed by atoms with Crippen LogP contribution in [0.3, 0.4) is 0 Å². The van der Waals surface area contributed by atoms with E-state index in [1.807, 2.05) is 6.08 Å². The zero-order chi connectivity index (χ0) is 47.2. The van der Waals surface area contributed by atoms with Gasteiger partial charge in [-0.05, 0) is 57.8 Å². The summed E-state index contributed by atoms with van der Waals surface area (Å²) in [6.45, 7) is 4.85. The van der Waals surface area contributed by atoms with Gasteiger partial charge in [0.05, 0.1) is 25.4 Å². The highest BCUT2D eigenvalue weighted by Crippen LogP contribution is 2.17. The van der Waals surface area contributed by atoms with Crippen LogP contribution in [-0.4, -0.2) is 47.4 Å². The maximum atomic E-state index is 12.5. The summed E-state index contributed by atoms with van der Waals surface area (Å²) in [5, 5.41) is 23.2.